The summed E-state index contributed by atoms with van der Waals surface area (Å²) in [4.78, 5) is 1.91. The Bertz CT molecular complexity index is 507. The van der Waals surface area contributed by atoms with Gasteiger partial charge < -0.3 is 9.64 Å². The monoisotopic (exact) mass is 297 g/mol. The quantitative estimate of drug-likeness (QED) is 0.612. The zero-order chi connectivity index (χ0) is 13.8. The Morgan fingerprint density at radius 1 is 1.47 bits per heavy atom. The lowest BCUT2D eigenvalue weighted by Gasteiger charge is -2.17. The lowest BCUT2D eigenvalue weighted by molar-refractivity contribution is 0.279. The largest absolute Gasteiger partial charge is 0.493 e. The first-order chi connectivity index (χ1) is 9.08. The summed E-state index contributed by atoms with van der Waals surface area (Å²) in [6.07, 6.45) is 1.84. The summed E-state index contributed by atoms with van der Waals surface area (Å²) in [5.74, 6) is 0.876. The molecule has 0 aliphatic carbocycles. The van der Waals surface area contributed by atoms with Gasteiger partial charge >= 0.3 is 0 Å². The highest BCUT2D eigenvalue weighted by molar-refractivity contribution is 7.80. The number of hydrogen-bond acceptors (Lipinski definition) is 3. The first kappa shape index (κ1) is 14.2. The molecule has 0 bridgehead atoms. The van der Waals surface area contributed by atoms with Gasteiger partial charge in [-0.2, -0.15) is 5.11 Å². The van der Waals surface area contributed by atoms with Crippen LogP contribution in [0.15, 0.2) is 28.4 Å². The third-order valence-electron chi connectivity index (χ3n) is 3.03. The fourth-order valence-electron chi connectivity index (χ4n) is 1.87. The molecule has 0 aromatic heterocycles. The summed E-state index contributed by atoms with van der Waals surface area (Å²) >= 11 is 10.9. The zero-order valence-corrected chi connectivity index (χ0v) is 12.5. The molecular formula is C13H16ClN3OS. The summed E-state index contributed by atoms with van der Waals surface area (Å²) in [6, 6.07) is 5.63. The molecule has 0 saturated heterocycles. The molecule has 1 heterocycles. The number of aryl methyl sites for hydroxylation is 1. The molecule has 19 heavy (non-hydrogen) atoms. The molecule has 0 spiro atoms. The highest BCUT2D eigenvalue weighted by atomic mass is 35.5. The third-order valence-corrected chi connectivity index (χ3v) is 3.63. The van der Waals surface area contributed by atoms with E-state index in [9.17, 15) is 0 Å². The van der Waals surface area contributed by atoms with E-state index in [1.165, 1.54) is 0 Å². The molecule has 1 aliphatic heterocycles. The van der Waals surface area contributed by atoms with E-state index in [0.29, 0.717) is 11.7 Å². The summed E-state index contributed by atoms with van der Waals surface area (Å²) in [7, 11) is 1.91. The van der Waals surface area contributed by atoms with Crippen LogP contribution in [0.3, 0.4) is 0 Å². The minimum absolute atomic E-state index is 0.0578. The van der Waals surface area contributed by atoms with Gasteiger partial charge in [-0.15, -0.1) is 5.11 Å². The Morgan fingerprint density at radius 2 is 2.26 bits per heavy atom. The van der Waals surface area contributed by atoms with Crippen LogP contribution in [0, 0.1) is 6.92 Å². The lowest BCUT2D eigenvalue weighted by atomic mass is 10.2. The van der Waals surface area contributed by atoms with Gasteiger partial charge in [0.2, 0.25) is 5.11 Å². The van der Waals surface area contributed by atoms with E-state index in [1.807, 2.05) is 37.1 Å². The predicted molar refractivity (Wildman–Crippen MR) is 79.9 cm³/mol. The molecule has 0 radical (unpaired) electrons. The first-order valence-corrected chi connectivity index (χ1v) is 6.93. The number of rotatable bonds is 5. The van der Waals surface area contributed by atoms with E-state index in [-0.39, 0.29) is 6.17 Å². The summed E-state index contributed by atoms with van der Waals surface area (Å²) in [5.41, 5.74) is 1.05. The van der Waals surface area contributed by atoms with Gasteiger partial charge in [0.25, 0.3) is 0 Å². The van der Waals surface area contributed by atoms with Crippen molar-refractivity contribution in [3.05, 3.63) is 28.8 Å². The van der Waals surface area contributed by atoms with Crippen molar-refractivity contribution in [3.8, 4) is 5.75 Å². The van der Waals surface area contributed by atoms with Crippen molar-refractivity contribution in [2.45, 2.75) is 25.9 Å². The van der Waals surface area contributed by atoms with Gasteiger partial charge in [-0.05, 0) is 55.7 Å². The van der Waals surface area contributed by atoms with Gasteiger partial charge in [0.15, 0.2) is 0 Å². The fraction of sp³-hybridized carbons (Fsp3) is 0.462. The molecule has 0 N–H and O–H groups in total. The number of halogens is 1. The summed E-state index contributed by atoms with van der Waals surface area (Å²) in [5, 5.41) is 9.28. The second kappa shape index (κ2) is 6.30. The Morgan fingerprint density at radius 3 is 2.89 bits per heavy atom. The molecule has 0 saturated carbocycles. The van der Waals surface area contributed by atoms with Crippen molar-refractivity contribution in [1.29, 1.82) is 0 Å². The second-order valence-corrected chi connectivity index (χ2v) is 5.29. The van der Waals surface area contributed by atoms with Gasteiger partial charge in [-0.1, -0.05) is 11.6 Å². The Labute approximate surface area is 123 Å². The van der Waals surface area contributed by atoms with E-state index in [4.69, 9.17) is 28.6 Å². The maximum absolute atomic E-state index is 5.90. The highest BCUT2D eigenvalue weighted by Gasteiger charge is 2.21. The number of thiocarbonyl (C=S) groups is 1. The Balaban J connectivity index is 1.75. The van der Waals surface area contributed by atoms with Crippen LogP contribution < -0.4 is 4.74 Å². The molecule has 1 aliphatic rings. The molecular weight excluding hydrogens is 282 g/mol. The molecule has 0 fully saturated rings. The molecule has 102 valence electrons. The van der Waals surface area contributed by atoms with E-state index >= 15 is 0 Å². The average Bonchev–Trinajstić information content (AvgIpc) is 2.68. The van der Waals surface area contributed by atoms with E-state index < -0.39 is 0 Å². The highest BCUT2D eigenvalue weighted by Crippen LogP contribution is 2.22. The number of hydrogen-bond donors (Lipinski definition) is 0. The Kier molecular flexibility index (Phi) is 4.71. The van der Waals surface area contributed by atoms with Crippen LogP contribution in [-0.2, 0) is 0 Å². The smallest absolute Gasteiger partial charge is 0.217 e. The fourth-order valence-corrected chi connectivity index (χ4v) is 2.26. The third kappa shape index (κ3) is 3.64. The molecule has 1 atom stereocenters. The van der Waals surface area contributed by atoms with Crippen molar-refractivity contribution >= 4 is 28.9 Å². The minimum atomic E-state index is 0.0578. The summed E-state index contributed by atoms with van der Waals surface area (Å²) < 4.78 is 5.73. The standard InChI is InChI=1S/C13H16ClN3OS/c1-9-8-10(14)5-6-11(9)18-7-3-4-12-15-16-13(19)17(12)2/h5-6,8,12H,3-4,7H2,1-2H3. The maximum atomic E-state index is 5.90. The van der Waals surface area contributed by atoms with Crippen molar-refractivity contribution in [2.75, 3.05) is 13.7 Å². The first-order valence-electron chi connectivity index (χ1n) is 6.14. The zero-order valence-electron chi connectivity index (χ0n) is 11.0. The van der Waals surface area contributed by atoms with Crippen LogP contribution >= 0.6 is 23.8 Å². The van der Waals surface area contributed by atoms with Crippen LogP contribution in [0.5, 0.6) is 5.75 Å². The number of ether oxygens (including phenoxy) is 1. The number of nitrogens with zero attached hydrogens (tertiary/aromatic N) is 3. The van der Waals surface area contributed by atoms with Gasteiger partial charge in [-0.25, -0.2) is 0 Å². The number of azo groups is 1. The molecule has 1 unspecified atom stereocenters. The van der Waals surface area contributed by atoms with Crippen LogP contribution in [-0.4, -0.2) is 29.8 Å². The van der Waals surface area contributed by atoms with E-state index in [2.05, 4.69) is 10.2 Å². The SMILES string of the molecule is Cc1cc(Cl)ccc1OCCCC1N=NC(=S)N1C. The van der Waals surface area contributed by atoms with Crippen LogP contribution in [0.2, 0.25) is 5.02 Å². The number of benzene rings is 1. The van der Waals surface area contributed by atoms with Crippen molar-refractivity contribution in [2.24, 2.45) is 10.2 Å². The van der Waals surface area contributed by atoms with Crippen LogP contribution in [0.4, 0.5) is 0 Å². The molecule has 2 rings (SSSR count). The van der Waals surface area contributed by atoms with Crippen LogP contribution in [0.25, 0.3) is 0 Å². The van der Waals surface area contributed by atoms with Crippen molar-refractivity contribution in [3.63, 3.8) is 0 Å². The normalized spacial score (nSPS) is 18.2. The molecule has 1 aromatic carbocycles. The van der Waals surface area contributed by atoms with Crippen LogP contribution in [0.1, 0.15) is 18.4 Å². The maximum Gasteiger partial charge on any atom is 0.217 e. The molecule has 4 nitrogen and oxygen atoms in total. The second-order valence-electron chi connectivity index (χ2n) is 4.49. The molecule has 1 aromatic rings. The van der Waals surface area contributed by atoms with Gasteiger partial charge in [0.05, 0.1) is 6.61 Å². The van der Waals surface area contributed by atoms with Gasteiger partial charge in [0, 0.05) is 12.1 Å². The average molecular weight is 298 g/mol. The molecule has 6 heteroatoms. The van der Waals surface area contributed by atoms with Crippen molar-refractivity contribution < 1.29 is 4.74 Å². The topological polar surface area (TPSA) is 37.2 Å². The predicted octanol–water partition coefficient (Wildman–Crippen LogP) is 3.82. The summed E-state index contributed by atoms with van der Waals surface area (Å²) in [6.45, 7) is 2.63. The van der Waals surface area contributed by atoms with E-state index in [1.54, 1.807) is 0 Å². The lowest BCUT2D eigenvalue weighted by Crippen LogP contribution is -2.28. The van der Waals surface area contributed by atoms with Gasteiger partial charge in [-0.3, -0.25) is 0 Å². The Hall–Kier alpha value is -1.20. The van der Waals surface area contributed by atoms with Gasteiger partial charge in [0.1, 0.15) is 11.9 Å². The molecule has 0 amide bonds. The minimum Gasteiger partial charge on any atom is -0.493 e. The van der Waals surface area contributed by atoms with E-state index in [0.717, 1.165) is 29.2 Å². The van der Waals surface area contributed by atoms with Crippen molar-refractivity contribution in [1.82, 2.24) is 4.90 Å².